The fourth-order valence-corrected chi connectivity index (χ4v) is 1.27. The van der Waals surface area contributed by atoms with E-state index in [1.54, 1.807) is 0 Å². The molecule has 1 rings (SSSR count). The molecule has 0 saturated carbocycles. The third-order valence-corrected chi connectivity index (χ3v) is 2.67. The number of methoxy groups -OCH3 is 2. The van der Waals surface area contributed by atoms with Gasteiger partial charge in [0.1, 0.15) is 11.5 Å². The van der Waals surface area contributed by atoms with Crippen molar-refractivity contribution in [3.63, 3.8) is 0 Å². The second kappa shape index (κ2) is 5.58. The molecular formula is C12H15F3N2O3. The number of nitrogens with one attached hydrogen (secondary N) is 1. The quantitative estimate of drug-likeness (QED) is 0.889. The second-order valence-corrected chi connectivity index (χ2v) is 4.26. The first kappa shape index (κ1) is 16.1. The lowest BCUT2D eigenvalue weighted by molar-refractivity contribution is -0.184. The molecule has 0 spiro atoms. The lowest BCUT2D eigenvalue weighted by Crippen LogP contribution is -2.59. The molecule has 0 fully saturated rings. The first-order chi connectivity index (χ1) is 9.11. The first-order valence-corrected chi connectivity index (χ1v) is 5.52. The van der Waals surface area contributed by atoms with E-state index >= 15 is 0 Å². The van der Waals surface area contributed by atoms with Gasteiger partial charge in [0.15, 0.2) is 5.54 Å². The highest BCUT2D eigenvalue weighted by Gasteiger charge is 2.54. The number of benzene rings is 1. The molecule has 20 heavy (non-hydrogen) atoms. The molecule has 5 nitrogen and oxygen atoms in total. The Morgan fingerprint density at radius 2 is 1.60 bits per heavy atom. The lowest BCUT2D eigenvalue weighted by atomic mass is 10.0. The summed E-state index contributed by atoms with van der Waals surface area (Å²) in [7, 11) is 2.76. The number of hydrogen-bond acceptors (Lipinski definition) is 4. The average molecular weight is 292 g/mol. The van der Waals surface area contributed by atoms with Crippen molar-refractivity contribution in [2.75, 3.05) is 19.5 Å². The Morgan fingerprint density at radius 1 is 1.15 bits per heavy atom. The summed E-state index contributed by atoms with van der Waals surface area (Å²) in [6.45, 7) is 0.597. The minimum atomic E-state index is -4.86. The lowest BCUT2D eigenvalue weighted by Gasteiger charge is -2.26. The Kier molecular flexibility index (Phi) is 4.49. The van der Waals surface area contributed by atoms with Crippen molar-refractivity contribution < 1.29 is 27.4 Å². The molecule has 0 aromatic heterocycles. The molecule has 0 aliphatic carbocycles. The largest absolute Gasteiger partial charge is 0.497 e. The van der Waals surface area contributed by atoms with E-state index in [-0.39, 0.29) is 5.69 Å². The Hall–Kier alpha value is -1.96. The van der Waals surface area contributed by atoms with Crippen LogP contribution in [-0.2, 0) is 4.79 Å². The molecule has 1 unspecified atom stereocenters. The summed E-state index contributed by atoms with van der Waals surface area (Å²) in [6, 6.07) is 4.22. The van der Waals surface area contributed by atoms with Crippen LogP contribution in [0.1, 0.15) is 6.92 Å². The topological polar surface area (TPSA) is 73.6 Å². The zero-order valence-electron chi connectivity index (χ0n) is 11.2. The molecule has 112 valence electrons. The molecule has 0 aliphatic rings. The smallest absolute Gasteiger partial charge is 0.415 e. The van der Waals surface area contributed by atoms with E-state index in [4.69, 9.17) is 15.2 Å². The van der Waals surface area contributed by atoms with Gasteiger partial charge >= 0.3 is 6.18 Å². The van der Waals surface area contributed by atoms with E-state index in [0.29, 0.717) is 18.4 Å². The summed E-state index contributed by atoms with van der Waals surface area (Å²) < 4.78 is 47.8. The third kappa shape index (κ3) is 3.32. The van der Waals surface area contributed by atoms with Gasteiger partial charge in [0.05, 0.1) is 14.2 Å². The van der Waals surface area contributed by atoms with Crippen molar-refractivity contribution >= 4 is 11.6 Å². The van der Waals surface area contributed by atoms with E-state index in [2.05, 4.69) is 5.32 Å². The van der Waals surface area contributed by atoms with Crippen LogP contribution in [0, 0.1) is 0 Å². The molecular weight excluding hydrogens is 277 g/mol. The molecule has 0 aliphatic heterocycles. The molecule has 0 bridgehead atoms. The van der Waals surface area contributed by atoms with Crippen LogP contribution in [0.3, 0.4) is 0 Å². The SMILES string of the molecule is COc1cc(NC(=O)C(C)(N)C(F)(F)F)cc(OC)c1. The maximum atomic E-state index is 12.6. The van der Waals surface area contributed by atoms with Crippen molar-refractivity contribution in [3.05, 3.63) is 18.2 Å². The number of alkyl halides is 3. The summed E-state index contributed by atoms with van der Waals surface area (Å²) in [4.78, 5) is 11.6. The van der Waals surface area contributed by atoms with Crippen molar-refractivity contribution in [1.82, 2.24) is 0 Å². The Bertz CT molecular complexity index is 479. The zero-order chi connectivity index (χ0) is 15.6. The van der Waals surface area contributed by atoms with Gasteiger partial charge < -0.3 is 20.5 Å². The van der Waals surface area contributed by atoms with Gasteiger partial charge in [-0.15, -0.1) is 0 Å². The summed E-state index contributed by atoms with van der Waals surface area (Å²) in [5.74, 6) is -0.726. The summed E-state index contributed by atoms with van der Waals surface area (Å²) in [5, 5.41) is 2.09. The summed E-state index contributed by atoms with van der Waals surface area (Å²) in [6.07, 6.45) is -4.86. The molecule has 1 aromatic carbocycles. The van der Waals surface area contributed by atoms with Crippen LogP contribution >= 0.6 is 0 Å². The molecule has 0 heterocycles. The van der Waals surface area contributed by atoms with Crippen LogP contribution in [-0.4, -0.2) is 31.8 Å². The number of anilines is 1. The molecule has 1 atom stereocenters. The van der Waals surface area contributed by atoms with Gasteiger partial charge in [-0.05, 0) is 6.92 Å². The van der Waals surface area contributed by atoms with Crippen LogP contribution in [0.5, 0.6) is 11.5 Å². The number of carbonyl (C=O) groups is 1. The predicted octanol–water partition coefficient (Wildman–Crippen LogP) is 1.92. The Labute approximate surface area is 113 Å². The van der Waals surface area contributed by atoms with E-state index in [9.17, 15) is 18.0 Å². The molecule has 8 heteroatoms. The van der Waals surface area contributed by atoms with Gasteiger partial charge in [-0.1, -0.05) is 0 Å². The number of rotatable bonds is 4. The molecule has 1 aromatic rings. The number of hydrogen-bond donors (Lipinski definition) is 2. The number of carbonyl (C=O) groups excluding carboxylic acids is 1. The average Bonchev–Trinajstić information content (AvgIpc) is 2.36. The van der Waals surface area contributed by atoms with Crippen molar-refractivity contribution in [2.45, 2.75) is 18.6 Å². The van der Waals surface area contributed by atoms with Gasteiger partial charge in [-0.3, -0.25) is 4.79 Å². The van der Waals surface area contributed by atoms with Crippen molar-refractivity contribution in [3.8, 4) is 11.5 Å². The Morgan fingerprint density at radius 3 is 1.95 bits per heavy atom. The van der Waals surface area contributed by atoms with Gasteiger partial charge in [0, 0.05) is 23.9 Å². The second-order valence-electron chi connectivity index (χ2n) is 4.26. The van der Waals surface area contributed by atoms with Crippen LogP contribution in [0.4, 0.5) is 18.9 Å². The normalized spacial score (nSPS) is 14.3. The fourth-order valence-electron chi connectivity index (χ4n) is 1.27. The Balaban J connectivity index is 3.02. The fraction of sp³-hybridized carbons (Fsp3) is 0.417. The highest BCUT2D eigenvalue weighted by Crippen LogP contribution is 2.30. The van der Waals surface area contributed by atoms with Gasteiger partial charge in [0.25, 0.3) is 5.91 Å². The van der Waals surface area contributed by atoms with Crippen LogP contribution < -0.4 is 20.5 Å². The maximum Gasteiger partial charge on any atom is 0.415 e. The van der Waals surface area contributed by atoms with Crippen molar-refractivity contribution in [1.29, 1.82) is 0 Å². The number of nitrogens with two attached hydrogens (primary N) is 1. The standard InChI is InChI=1S/C12H15F3N2O3/c1-11(16,12(13,14)15)10(18)17-7-4-8(19-2)6-9(5-7)20-3/h4-6H,16H2,1-3H3,(H,17,18). The minimum Gasteiger partial charge on any atom is -0.497 e. The molecule has 1 amide bonds. The van der Waals surface area contributed by atoms with E-state index in [0.717, 1.165) is 0 Å². The van der Waals surface area contributed by atoms with Crippen LogP contribution in [0.2, 0.25) is 0 Å². The molecule has 0 radical (unpaired) electrons. The number of halogens is 3. The van der Waals surface area contributed by atoms with Gasteiger partial charge in [-0.2, -0.15) is 13.2 Å². The minimum absolute atomic E-state index is 0.0899. The van der Waals surface area contributed by atoms with E-state index in [1.165, 1.54) is 32.4 Å². The summed E-state index contributed by atoms with van der Waals surface area (Å²) in [5.41, 5.74) is 2.12. The number of amides is 1. The van der Waals surface area contributed by atoms with E-state index < -0.39 is 17.6 Å². The highest BCUT2D eigenvalue weighted by atomic mass is 19.4. The monoisotopic (exact) mass is 292 g/mol. The van der Waals surface area contributed by atoms with Gasteiger partial charge in [0.2, 0.25) is 0 Å². The number of ether oxygens (including phenoxy) is 2. The van der Waals surface area contributed by atoms with E-state index in [1.807, 2.05) is 0 Å². The van der Waals surface area contributed by atoms with Crippen LogP contribution in [0.25, 0.3) is 0 Å². The zero-order valence-corrected chi connectivity index (χ0v) is 11.2. The molecule has 3 N–H and O–H groups in total. The summed E-state index contributed by atoms with van der Waals surface area (Å²) >= 11 is 0. The highest BCUT2D eigenvalue weighted by molar-refractivity contribution is 5.98. The maximum absolute atomic E-state index is 12.6. The predicted molar refractivity (Wildman–Crippen MR) is 66.8 cm³/mol. The van der Waals surface area contributed by atoms with Crippen molar-refractivity contribution in [2.24, 2.45) is 5.73 Å². The van der Waals surface area contributed by atoms with Crippen LogP contribution in [0.15, 0.2) is 18.2 Å². The first-order valence-electron chi connectivity index (χ1n) is 5.52. The van der Waals surface area contributed by atoms with Gasteiger partial charge in [-0.25, -0.2) is 0 Å². The third-order valence-electron chi connectivity index (χ3n) is 2.67. The molecule has 0 saturated heterocycles.